The Bertz CT molecular complexity index is 1670. The van der Waals surface area contributed by atoms with Crippen LogP contribution >= 0.6 is 0 Å². The summed E-state index contributed by atoms with van der Waals surface area (Å²) >= 11 is 0. The number of aromatic amines is 2. The Kier molecular flexibility index (Phi) is 14.6. The monoisotopic (exact) mass is 680 g/mol. The number of hydrogen-bond acceptors (Lipinski definition) is 8. The van der Waals surface area contributed by atoms with Crippen molar-refractivity contribution in [3.63, 3.8) is 0 Å². The molecule has 2 heterocycles. The first kappa shape index (κ1) is 37.6. The van der Waals surface area contributed by atoms with Crippen molar-refractivity contribution < 1.29 is 38.5 Å². The highest BCUT2D eigenvalue weighted by Crippen LogP contribution is 2.28. The summed E-state index contributed by atoms with van der Waals surface area (Å²) in [6.07, 6.45) is 6.47. The van der Waals surface area contributed by atoms with Crippen molar-refractivity contribution in [2.75, 3.05) is 53.7 Å². The Morgan fingerprint density at radius 2 is 1.49 bits per heavy atom. The van der Waals surface area contributed by atoms with E-state index in [0.717, 1.165) is 52.3 Å². The van der Waals surface area contributed by atoms with Crippen LogP contribution in [0.25, 0.3) is 21.8 Å². The molecule has 266 valence electrons. The fourth-order valence-electron chi connectivity index (χ4n) is 6.01. The van der Waals surface area contributed by atoms with E-state index < -0.39 is 18.6 Å². The SMILES string of the molecule is CN(C)CCCC[C@H](NC(=O)[C@@H](CC(=O)Cc1c[nH]c2ccc(O)cc12)Cc1c[nH]c2ccc(O)cc12)C(=O)CCCOCCOCCF. The minimum absolute atomic E-state index is 0.0278. The number of hydrogen-bond donors (Lipinski definition) is 5. The standard InChI is InChI=1S/C37H49FN4O7/c1-42(2)13-4-3-6-35(36(46)7-5-14-48-16-17-49-15-12-38)41-37(47)25(18-26-23-39-33-10-8-28(43)21-31(26)33)19-30(45)20-27-24-40-34-11-9-29(44)22-32(27)34/h8-11,21-25,35,39-40,43-44H,3-7,12-20H2,1-2H3,(H,41,47)/t25-,35+/m1/s1. The molecule has 4 aromatic rings. The molecule has 2 aromatic heterocycles. The van der Waals surface area contributed by atoms with Gasteiger partial charge in [-0.3, -0.25) is 14.4 Å². The number of nitrogens with one attached hydrogen (secondary N) is 3. The Balaban J connectivity index is 1.48. The van der Waals surface area contributed by atoms with E-state index in [-0.39, 0.29) is 67.9 Å². The number of fused-ring (bicyclic) bond motifs is 2. The quantitative estimate of drug-likeness (QED) is 0.0687. The van der Waals surface area contributed by atoms with Crippen LogP contribution < -0.4 is 5.32 Å². The van der Waals surface area contributed by atoms with Gasteiger partial charge in [0, 0.05) is 66.0 Å². The van der Waals surface area contributed by atoms with Gasteiger partial charge in [-0.25, -0.2) is 4.39 Å². The topological polar surface area (TPSA) is 157 Å². The number of carbonyl (C=O) groups is 3. The summed E-state index contributed by atoms with van der Waals surface area (Å²) in [7, 11) is 3.97. The lowest BCUT2D eigenvalue weighted by Crippen LogP contribution is -2.44. The van der Waals surface area contributed by atoms with E-state index in [1.807, 2.05) is 14.1 Å². The van der Waals surface area contributed by atoms with E-state index >= 15 is 0 Å². The van der Waals surface area contributed by atoms with Crippen LogP contribution in [0.4, 0.5) is 4.39 Å². The van der Waals surface area contributed by atoms with Crippen LogP contribution in [-0.4, -0.2) is 102 Å². The van der Waals surface area contributed by atoms with E-state index in [4.69, 9.17) is 9.47 Å². The van der Waals surface area contributed by atoms with Gasteiger partial charge in [0.15, 0.2) is 5.78 Å². The molecule has 4 rings (SSSR count). The zero-order valence-electron chi connectivity index (χ0n) is 28.4. The van der Waals surface area contributed by atoms with Crippen molar-refractivity contribution >= 4 is 39.3 Å². The van der Waals surface area contributed by atoms with Crippen molar-refractivity contribution in [3.8, 4) is 11.5 Å². The molecule has 1 amide bonds. The van der Waals surface area contributed by atoms with Crippen LogP contribution in [0.15, 0.2) is 48.8 Å². The molecule has 0 saturated heterocycles. The van der Waals surface area contributed by atoms with Gasteiger partial charge >= 0.3 is 0 Å². The molecule has 0 aliphatic heterocycles. The van der Waals surface area contributed by atoms with Crippen LogP contribution in [0.2, 0.25) is 0 Å². The number of alkyl halides is 1. The van der Waals surface area contributed by atoms with Crippen molar-refractivity contribution in [2.24, 2.45) is 5.92 Å². The number of aromatic nitrogens is 2. The third kappa shape index (κ3) is 11.7. The van der Waals surface area contributed by atoms with E-state index in [9.17, 15) is 29.0 Å². The number of unbranched alkanes of at least 4 members (excludes halogenated alkanes) is 1. The van der Waals surface area contributed by atoms with E-state index in [1.54, 1.807) is 48.8 Å². The fraction of sp³-hybridized carbons (Fsp3) is 0.486. The first-order chi connectivity index (χ1) is 23.6. The zero-order valence-corrected chi connectivity index (χ0v) is 28.4. The highest BCUT2D eigenvalue weighted by atomic mass is 19.1. The van der Waals surface area contributed by atoms with Crippen molar-refractivity contribution in [2.45, 2.75) is 57.4 Å². The minimum atomic E-state index is -0.780. The number of aromatic hydroxyl groups is 2. The van der Waals surface area contributed by atoms with Gasteiger partial charge in [0.05, 0.1) is 25.9 Å². The largest absolute Gasteiger partial charge is 0.508 e. The molecule has 2 aromatic carbocycles. The summed E-state index contributed by atoms with van der Waals surface area (Å²) in [5.41, 5.74) is 3.08. The number of phenolic OH excluding ortho intramolecular Hbond substituents is 2. The fourth-order valence-corrected chi connectivity index (χ4v) is 6.01. The maximum Gasteiger partial charge on any atom is 0.224 e. The number of benzene rings is 2. The molecular formula is C37H49FN4O7. The molecule has 11 nitrogen and oxygen atoms in total. The van der Waals surface area contributed by atoms with E-state index in [1.165, 1.54) is 0 Å². The highest BCUT2D eigenvalue weighted by Gasteiger charge is 2.28. The van der Waals surface area contributed by atoms with Crippen LogP contribution in [0.5, 0.6) is 11.5 Å². The van der Waals surface area contributed by atoms with Gasteiger partial charge in [-0.15, -0.1) is 0 Å². The van der Waals surface area contributed by atoms with Crippen LogP contribution in [0.3, 0.4) is 0 Å². The number of nitrogens with zero attached hydrogens (tertiary/aromatic N) is 1. The molecule has 0 fully saturated rings. The highest BCUT2D eigenvalue weighted by molar-refractivity contribution is 5.95. The van der Waals surface area contributed by atoms with Gasteiger partial charge < -0.3 is 39.9 Å². The van der Waals surface area contributed by atoms with Gasteiger partial charge in [-0.2, -0.15) is 0 Å². The van der Waals surface area contributed by atoms with E-state index in [2.05, 4.69) is 20.2 Å². The number of rotatable bonds is 23. The van der Waals surface area contributed by atoms with Crippen molar-refractivity contribution in [1.29, 1.82) is 0 Å². The number of amides is 1. The summed E-state index contributed by atoms with van der Waals surface area (Å²) in [6, 6.07) is 9.16. The normalized spacial score (nSPS) is 12.9. The van der Waals surface area contributed by atoms with Crippen molar-refractivity contribution in [1.82, 2.24) is 20.2 Å². The zero-order chi connectivity index (χ0) is 35.2. The lowest BCUT2D eigenvalue weighted by molar-refractivity contribution is -0.132. The second-order valence-corrected chi connectivity index (χ2v) is 12.8. The summed E-state index contributed by atoms with van der Waals surface area (Å²) in [5, 5.41) is 24.6. The first-order valence-corrected chi connectivity index (χ1v) is 16.9. The van der Waals surface area contributed by atoms with Gasteiger partial charge in [0.2, 0.25) is 5.91 Å². The molecule has 2 atom stereocenters. The predicted molar refractivity (Wildman–Crippen MR) is 187 cm³/mol. The number of ketones is 2. The lowest BCUT2D eigenvalue weighted by atomic mass is 9.90. The average molecular weight is 681 g/mol. The number of halogens is 1. The second-order valence-electron chi connectivity index (χ2n) is 12.8. The number of carbonyl (C=O) groups excluding carboxylic acids is 3. The smallest absolute Gasteiger partial charge is 0.224 e. The molecule has 0 bridgehead atoms. The molecule has 0 saturated carbocycles. The summed E-state index contributed by atoms with van der Waals surface area (Å²) in [5.74, 6) is -1.24. The van der Waals surface area contributed by atoms with Crippen LogP contribution in [0.1, 0.15) is 49.7 Å². The first-order valence-electron chi connectivity index (χ1n) is 16.9. The number of ether oxygens (including phenoxy) is 2. The van der Waals surface area contributed by atoms with Gasteiger partial charge in [0.1, 0.15) is 24.0 Å². The number of Topliss-reactive ketones (excluding diaryl/α,β-unsaturated/α-hetero) is 2. The molecule has 0 aliphatic carbocycles. The third-order valence-electron chi connectivity index (χ3n) is 8.56. The van der Waals surface area contributed by atoms with Gasteiger partial charge in [-0.1, -0.05) is 0 Å². The maximum atomic E-state index is 14.0. The Labute approximate surface area is 286 Å². The Morgan fingerprint density at radius 3 is 2.14 bits per heavy atom. The Hall–Kier alpha value is -4.26. The van der Waals surface area contributed by atoms with Crippen LogP contribution in [-0.2, 0) is 36.7 Å². The average Bonchev–Trinajstić information content (AvgIpc) is 3.65. The molecule has 12 heteroatoms. The third-order valence-corrected chi connectivity index (χ3v) is 8.56. The summed E-state index contributed by atoms with van der Waals surface area (Å²) < 4.78 is 22.8. The number of phenols is 2. The lowest BCUT2D eigenvalue weighted by Gasteiger charge is -2.22. The molecule has 0 spiro atoms. The predicted octanol–water partition coefficient (Wildman–Crippen LogP) is 4.99. The molecular weight excluding hydrogens is 631 g/mol. The maximum absolute atomic E-state index is 14.0. The minimum Gasteiger partial charge on any atom is -0.508 e. The molecule has 49 heavy (non-hydrogen) atoms. The second kappa shape index (κ2) is 19.1. The van der Waals surface area contributed by atoms with Gasteiger partial charge in [-0.05, 0) is 100 Å². The molecule has 0 radical (unpaired) electrons. The Morgan fingerprint density at radius 1 is 0.857 bits per heavy atom. The van der Waals surface area contributed by atoms with E-state index in [0.29, 0.717) is 26.1 Å². The van der Waals surface area contributed by atoms with Crippen molar-refractivity contribution in [3.05, 3.63) is 59.9 Å². The van der Waals surface area contributed by atoms with Gasteiger partial charge in [0.25, 0.3) is 0 Å². The summed E-state index contributed by atoms with van der Waals surface area (Å²) in [6.45, 7) is 1.25. The summed E-state index contributed by atoms with van der Waals surface area (Å²) in [4.78, 5) is 49.4. The molecule has 0 aliphatic rings. The molecule has 5 N–H and O–H groups in total. The van der Waals surface area contributed by atoms with Crippen LogP contribution in [0, 0.1) is 5.92 Å². The number of H-pyrrole nitrogens is 2. The molecule has 0 unspecified atom stereocenters.